The van der Waals surface area contributed by atoms with E-state index in [0.717, 1.165) is 29.7 Å². The highest BCUT2D eigenvalue weighted by molar-refractivity contribution is 6.10. The predicted octanol–water partition coefficient (Wildman–Crippen LogP) is 6.21. The fourth-order valence-corrected chi connectivity index (χ4v) is 4.59. The Morgan fingerprint density at radius 2 is 1.80 bits per heavy atom. The fraction of sp³-hybridized carbons (Fsp3) is 0.276. The molecule has 0 spiro atoms. The third-order valence-electron chi connectivity index (χ3n) is 6.39. The number of pyridine rings is 1. The van der Waals surface area contributed by atoms with E-state index in [0.29, 0.717) is 29.0 Å². The molecule has 0 radical (unpaired) electrons. The Balaban J connectivity index is 1.56. The number of ether oxygens (including phenoxy) is 1. The van der Waals surface area contributed by atoms with Crippen molar-refractivity contribution in [3.05, 3.63) is 99.5 Å². The largest absolute Gasteiger partial charge is 0.494 e. The van der Waals surface area contributed by atoms with Gasteiger partial charge in [-0.25, -0.2) is 4.98 Å². The van der Waals surface area contributed by atoms with Gasteiger partial charge in [-0.1, -0.05) is 50.5 Å². The molecule has 1 aliphatic heterocycles. The summed E-state index contributed by atoms with van der Waals surface area (Å²) in [6, 6.07) is 17.7. The molecule has 1 atom stereocenters. The molecule has 1 amide bonds. The van der Waals surface area contributed by atoms with E-state index in [-0.39, 0.29) is 17.1 Å². The molecule has 35 heavy (non-hydrogen) atoms. The average Bonchev–Trinajstić information content (AvgIpc) is 3.17. The lowest BCUT2D eigenvalue weighted by Gasteiger charge is -2.24. The molecule has 178 valence electrons. The third kappa shape index (κ3) is 4.32. The van der Waals surface area contributed by atoms with Crippen molar-refractivity contribution in [3.63, 3.8) is 0 Å². The van der Waals surface area contributed by atoms with Gasteiger partial charge < -0.3 is 9.15 Å². The SMILES string of the molecule is CCCCCCOc1ccc(C2c3c(oc4ccccc4c3=O)C(=O)N2c2cc(C)ccn2)cc1. The second-order valence-corrected chi connectivity index (χ2v) is 8.92. The number of anilines is 1. The number of hydrogen-bond acceptors (Lipinski definition) is 5. The van der Waals surface area contributed by atoms with Crippen LogP contribution in [-0.2, 0) is 0 Å². The number of benzene rings is 2. The molecule has 0 saturated heterocycles. The standard InChI is InChI=1S/C29H28N2O4/c1-3-4-5-8-17-34-21-13-11-20(12-14-21)26-25-27(32)22-9-6-7-10-23(22)35-28(25)29(33)31(26)24-18-19(2)15-16-30-24/h6-7,9-16,18,26H,3-5,8,17H2,1-2H3. The number of carbonyl (C=O) groups is 1. The van der Waals surface area contributed by atoms with Crippen LogP contribution in [0.4, 0.5) is 5.82 Å². The zero-order chi connectivity index (χ0) is 24.4. The Labute approximate surface area is 204 Å². The summed E-state index contributed by atoms with van der Waals surface area (Å²) in [5.74, 6) is 0.937. The van der Waals surface area contributed by atoms with Gasteiger partial charge in [0.1, 0.15) is 17.2 Å². The van der Waals surface area contributed by atoms with Crippen LogP contribution in [0.15, 0.2) is 76.1 Å². The van der Waals surface area contributed by atoms with E-state index in [2.05, 4.69) is 11.9 Å². The first-order chi connectivity index (χ1) is 17.1. The van der Waals surface area contributed by atoms with Crippen molar-refractivity contribution in [1.29, 1.82) is 0 Å². The molecular weight excluding hydrogens is 440 g/mol. The quantitative estimate of drug-likeness (QED) is 0.288. The highest BCUT2D eigenvalue weighted by Gasteiger charge is 2.44. The maximum absolute atomic E-state index is 13.6. The van der Waals surface area contributed by atoms with E-state index in [4.69, 9.17) is 9.15 Å². The lowest BCUT2D eigenvalue weighted by molar-refractivity contribution is 0.0970. The predicted molar refractivity (Wildman–Crippen MR) is 136 cm³/mol. The van der Waals surface area contributed by atoms with Crippen LogP contribution in [0.2, 0.25) is 0 Å². The second kappa shape index (κ2) is 9.74. The third-order valence-corrected chi connectivity index (χ3v) is 6.39. The van der Waals surface area contributed by atoms with Gasteiger partial charge in [-0.05, 0) is 60.9 Å². The van der Waals surface area contributed by atoms with Crippen LogP contribution in [0.25, 0.3) is 11.0 Å². The van der Waals surface area contributed by atoms with Gasteiger partial charge in [0, 0.05) is 6.20 Å². The van der Waals surface area contributed by atoms with Crippen molar-refractivity contribution in [2.24, 2.45) is 0 Å². The Hall–Kier alpha value is -3.93. The topological polar surface area (TPSA) is 72.6 Å². The summed E-state index contributed by atoms with van der Waals surface area (Å²) < 4.78 is 11.9. The van der Waals surface area contributed by atoms with E-state index >= 15 is 0 Å². The summed E-state index contributed by atoms with van der Waals surface area (Å²) in [4.78, 5) is 33.2. The van der Waals surface area contributed by atoms with E-state index < -0.39 is 6.04 Å². The van der Waals surface area contributed by atoms with Crippen LogP contribution in [0.3, 0.4) is 0 Å². The van der Waals surface area contributed by atoms with Crippen LogP contribution in [0, 0.1) is 6.92 Å². The van der Waals surface area contributed by atoms with Crippen molar-refractivity contribution in [3.8, 4) is 5.75 Å². The first-order valence-corrected chi connectivity index (χ1v) is 12.1. The second-order valence-electron chi connectivity index (χ2n) is 8.92. The summed E-state index contributed by atoms with van der Waals surface area (Å²) in [5.41, 5.74) is 2.29. The number of unbranched alkanes of at least 4 members (excludes halogenated alkanes) is 3. The van der Waals surface area contributed by atoms with Crippen LogP contribution >= 0.6 is 0 Å². The van der Waals surface area contributed by atoms with E-state index in [1.165, 1.54) is 12.8 Å². The number of para-hydroxylation sites is 1. The summed E-state index contributed by atoms with van der Waals surface area (Å²) in [5, 5.41) is 0.454. The number of carbonyl (C=O) groups excluding carboxylic acids is 1. The van der Waals surface area contributed by atoms with Crippen LogP contribution in [-0.4, -0.2) is 17.5 Å². The number of amides is 1. The molecule has 0 aliphatic carbocycles. The molecule has 5 rings (SSSR count). The normalized spacial score (nSPS) is 15.0. The smallest absolute Gasteiger partial charge is 0.296 e. The van der Waals surface area contributed by atoms with Crippen LogP contribution in [0.5, 0.6) is 5.75 Å². The van der Waals surface area contributed by atoms with Crippen LogP contribution in [0.1, 0.15) is 65.9 Å². The summed E-state index contributed by atoms with van der Waals surface area (Å²) in [6.45, 7) is 4.79. The van der Waals surface area contributed by atoms with Gasteiger partial charge in [-0.3, -0.25) is 14.5 Å². The summed E-state index contributed by atoms with van der Waals surface area (Å²) in [7, 11) is 0. The minimum absolute atomic E-state index is 0.0678. The van der Waals surface area contributed by atoms with E-state index in [1.54, 1.807) is 35.4 Å². The first-order valence-electron chi connectivity index (χ1n) is 12.1. The molecule has 0 saturated carbocycles. The Morgan fingerprint density at radius 1 is 1.00 bits per heavy atom. The zero-order valence-electron chi connectivity index (χ0n) is 20.0. The number of rotatable bonds is 8. The Bertz CT molecular complexity index is 1430. The van der Waals surface area contributed by atoms with Gasteiger partial charge in [0.2, 0.25) is 5.76 Å². The minimum atomic E-state index is -0.647. The lowest BCUT2D eigenvalue weighted by Crippen LogP contribution is -2.30. The van der Waals surface area contributed by atoms with Gasteiger partial charge in [-0.15, -0.1) is 0 Å². The number of fused-ring (bicyclic) bond motifs is 2. The van der Waals surface area contributed by atoms with Gasteiger partial charge in [0.25, 0.3) is 5.91 Å². The molecule has 6 nitrogen and oxygen atoms in total. The maximum Gasteiger partial charge on any atom is 0.296 e. The molecule has 6 heteroatoms. The summed E-state index contributed by atoms with van der Waals surface area (Å²) >= 11 is 0. The van der Waals surface area contributed by atoms with E-state index in [9.17, 15) is 9.59 Å². The van der Waals surface area contributed by atoms with Gasteiger partial charge in [0.15, 0.2) is 5.43 Å². The molecule has 2 aromatic carbocycles. The molecule has 0 fully saturated rings. The number of aryl methyl sites for hydroxylation is 1. The molecule has 0 N–H and O–H groups in total. The van der Waals surface area contributed by atoms with Gasteiger partial charge >= 0.3 is 0 Å². The van der Waals surface area contributed by atoms with Gasteiger partial charge in [-0.2, -0.15) is 0 Å². The number of hydrogen-bond donors (Lipinski definition) is 0. The Kier molecular flexibility index (Phi) is 6.36. The molecular formula is C29H28N2O4. The first kappa shape index (κ1) is 22.8. The number of nitrogens with zero attached hydrogens (tertiary/aromatic N) is 2. The van der Waals surface area contributed by atoms with Crippen LogP contribution < -0.4 is 15.1 Å². The average molecular weight is 469 g/mol. The number of aromatic nitrogens is 1. The minimum Gasteiger partial charge on any atom is -0.494 e. The van der Waals surface area contributed by atoms with Crippen molar-refractivity contribution in [1.82, 2.24) is 4.98 Å². The summed E-state index contributed by atoms with van der Waals surface area (Å²) in [6.07, 6.45) is 6.22. The Morgan fingerprint density at radius 3 is 2.57 bits per heavy atom. The molecule has 1 unspecified atom stereocenters. The lowest BCUT2D eigenvalue weighted by atomic mass is 9.98. The fourth-order valence-electron chi connectivity index (χ4n) is 4.59. The van der Waals surface area contributed by atoms with Crippen molar-refractivity contribution >= 4 is 22.7 Å². The van der Waals surface area contributed by atoms with Gasteiger partial charge in [0.05, 0.1) is 23.6 Å². The van der Waals surface area contributed by atoms with Crippen molar-refractivity contribution < 1.29 is 13.9 Å². The highest BCUT2D eigenvalue weighted by atomic mass is 16.5. The molecule has 3 heterocycles. The maximum atomic E-state index is 13.6. The molecule has 4 aromatic rings. The molecule has 2 aromatic heterocycles. The van der Waals surface area contributed by atoms with E-state index in [1.807, 2.05) is 43.3 Å². The van der Waals surface area contributed by atoms with Crippen molar-refractivity contribution in [2.75, 3.05) is 11.5 Å². The zero-order valence-corrected chi connectivity index (χ0v) is 20.0. The van der Waals surface area contributed by atoms with Crippen molar-refractivity contribution in [2.45, 2.75) is 45.6 Å². The molecule has 0 bridgehead atoms. The highest BCUT2D eigenvalue weighted by Crippen LogP contribution is 2.41. The monoisotopic (exact) mass is 468 g/mol. The molecule has 1 aliphatic rings.